The molecule has 3 aromatic rings. The van der Waals surface area contributed by atoms with Gasteiger partial charge >= 0.3 is 0 Å². The van der Waals surface area contributed by atoms with Crippen LogP contribution in [0.4, 0.5) is 20.5 Å². The highest BCUT2D eigenvalue weighted by Crippen LogP contribution is 2.30. The summed E-state index contributed by atoms with van der Waals surface area (Å²) in [5.74, 6) is 1.08. The van der Waals surface area contributed by atoms with E-state index in [0.29, 0.717) is 61.5 Å². The van der Waals surface area contributed by atoms with Crippen molar-refractivity contribution >= 4 is 22.8 Å². The Morgan fingerprint density at radius 3 is 2.60 bits per heavy atom. The molecule has 0 radical (unpaired) electrons. The van der Waals surface area contributed by atoms with E-state index in [0.717, 1.165) is 25.7 Å². The third-order valence-electron chi connectivity index (χ3n) is 6.48. The lowest BCUT2D eigenvalue weighted by Gasteiger charge is -2.30. The molecule has 0 bridgehead atoms. The van der Waals surface area contributed by atoms with Crippen molar-refractivity contribution in [3.8, 4) is 5.82 Å². The van der Waals surface area contributed by atoms with Crippen LogP contribution >= 0.6 is 0 Å². The zero-order valence-electron chi connectivity index (χ0n) is 19.4. The first kappa shape index (κ1) is 23.8. The zero-order valence-corrected chi connectivity index (χ0v) is 19.4. The summed E-state index contributed by atoms with van der Waals surface area (Å²) in [5.41, 5.74) is 1.06. The average molecular weight is 489 g/mol. The first-order valence-electron chi connectivity index (χ1n) is 12.1. The minimum Gasteiger partial charge on any atom is -0.394 e. The van der Waals surface area contributed by atoms with Gasteiger partial charge in [-0.3, -0.25) is 4.57 Å². The average Bonchev–Trinajstić information content (AvgIpc) is 3.29. The van der Waals surface area contributed by atoms with Crippen molar-refractivity contribution in [1.82, 2.24) is 19.5 Å². The van der Waals surface area contributed by atoms with E-state index in [2.05, 4.69) is 10.3 Å². The van der Waals surface area contributed by atoms with Gasteiger partial charge in [0.2, 0.25) is 5.95 Å². The van der Waals surface area contributed by atoms with Gasteiger partial charge in [0.05, 0.1) is 43.6 Å². The van der Waals surface area contributed by atoms with E-state index >= 15 is 0 Å². The Hall–Kier alpha value is -2.89. The molecule has 2 aromatic heterocycles. The maximum atomic E-state index is 14.0. The Kier molecular flexibility index (Phi) is 7.35. The number of halogens is 2. The van der Waals surface area contributed by atoms with Gasteiger partial charge in [-0.2, -0.15) is 9.97 Å². The largest absolute Gasteiger partial charge is 0.394 e. The predicted octanol–water partition coefficient (Wildman–Crippen LogP) is 3.32. The zero-order chi connectivity index (χ0) is 24.2. The summed E-state index contributed by atoms with van der Waals surface area (Å²) >= 11 is 0. The molecule has 1 aliphatic heterocycles. The molecule has 1 aliphatic carbocycles. The summed E-state index contributed by atoms with van der Waals surface area (Å²) in [6, 6.07) is 8.97. The van der Waals surface area contributed by atoms with Gasteiger partial charge in [-0.05, 0) is 37.8 Å². The van der Waals surface area contributed by atoms with Crippen molar-refractivity contribution in [2.75, 3.05) is 49.7 Å². The van der Waals surface area contributed by atoms with Crippen molar-refractivity contribution < 1.29 is 23.4 Å². The number of ether oxygens (including phenoxy) is 2. The summed E-state index contributed by atoms with van der Waals surface area (Å²) in [5, 5.41) is 12.5. The van der Waals surface area contributed by atoms with Crippen LogP contribution in [0, 0.1) is 0 Å². The van der Waals surface area contributed by atoms with Crippen molar-refractivity contribution in [2.24, 2.45) is 0 Å². The van der Waals surface area contributed by atoms with E-state index in [-0.39, 0.29) is 24.6 Å². The third kappa shape index (κ3) is 5.36. The number of hydrogen-bond acceptors (Lipinski definition) is 8. The van der Waals surface area contributed by atoms with Gasteiger partial charge in [-0.25, -0.2) is 13.8 Å². The first-order valence-corrected chi connectivity index (χ1v) is 12.1. The fraction of sp³-hybridized carbons (Fsp3) is 0.542. The van der Waals surface area contributed by atoms with Crippen LogP contribution in [-0.4, -0.2) is 76.3 Å². The number of nitrogens with one attached hydrogen (secondary N) is 1. The number of morpholine rings is 1. The highest BCUT2D eigenvalue weighted by atomic mass is 19.3. The molecule has 9 nitrogen and oxygen atoms in total. The second-order valence-electron chi connectivity index (χ2n) is 8.82. The number of aliphatic hydroxyl groups excluding tert-OH is 1. The van der Waals surface area contributed by atoms with E-state index in [1.807, 2.05) is 4.90 Å². The molecule has 2 N–H and O–H groups in total. The normalized spacial score (nSPS) is 21.1. The van der Waals surface area contributed by atoms with Crippen LogP contribution in [-0.2, 0) is 9.47 Å². The number of imidazole rings is 1. The van der Waals surface area contributed by atoms with E-state index in [9.17, 15) is 8.78 Å². The lowest BCUT2D eigenvalue weighted by molar-refractivity contribution is 0.00721. The van der Waals surface area contributed by atoms with Crippen molar-refractivity contribution in [3.05, 3.63) is 36.2 Å². The Labute approximate surface area is 202 Å². The second-order valence-corrected chi connectivity index (χ2v) is 8.82. The summed E-state index contributed by atoms with van der Waals surface area (Å²) in [6.45, 7) is 2.75. The lowest BCUT2D eigenvalue weighted by Crippen LogP contribution is -2.38. The number of benzene rings is 1. The summed E-state index contributed by atoms with van der Waals surface area (Å²) in [4.78, 5) is 15.6. The molecule has 0 amide bonds. The highest BCUT2D eigenvalue weighted by molar-refractivity contribution is 5.78. The van der Waals surface area contributed by atoms with Crippen LogP contribution in [0.5, 0.6) is 0 Å². The minimum atomic E-state index is -2.75. The van der Waals surface area contributed by atoms with E-state index < -0.39 is 6.43 Å². The Bertz CT molecular complexity index is 1130. The number of aromatic nitrogens is 4. The second kappa shape index (κ2) is 10.8. The van der Waals surface area contributed by atoms with Crippen LogP contribution in [0.1, 0.15) is 37.9 Å². The van der Waals surface area contributed by atoms with Gasteiger partial charge in [-0.1, -0.05) is 12.1 Å². The molecule has 1 aromatic carbocycles. The third-order valence-corrected chi connectivity index (χ3v) is 6.48. The quantitative estimate of drug-likeness (QED) is 0.499. The van der Waals surface area contributed by atoms with Crippen LogP contribution in [0.25, 0.3) is 16.9 Å². The molecular formula is C24H30F2N6O3. The lowest BCUT2D eigenvalue weighted by atomic mass is 9.93. The number of alkyl halides is 2. The molecule has 2 aliphatic rings. The molecule has 0 atom stereocenters. The monoisotopic (exact) mass is 488 g/mol. The molecule has 35 heavy (non-hydrogen) atoms. The van der Waals surface area contributed by atoms with Gasteiger partial charge < -0.3 is 24.8 Å². The number of anilines is 2. The van der Waals surface area contributed by atoms with E-state index in [4.69, 9.17) is 24.5 Å². The Morgan fingerprint density at radius 1 is 1.09 bits per heavy atom. The van der Waals surface area contributed by atoms with Crippen LogP contribution in [0.3, 0.4) is 0 Å². The first-order chi connectivity index (χ1) is 17.1. The number of nitrogens with zero attached hydrogens (tertiary/aromatic N) is 5. The standard InChI is InChI=1S/C24H30F2N6O3/c25-22(26)23-28-18-3-1-2-4-19(18)32(23)21-15-20(29-24(30-21)31-9-12-34-13-10-31)27-16-5-7-17(8-6-16)35-14-11-33/h1-4,15-17,22,33H,5-14H2,(H,27,29,30)/t16-,17-. The molecule has 1 saturated carbocycles. The Morgan fingerprint density at radius 2 is 1.86 bits per heavy atom. The van der Waals surface area contributed by atoms with Crippen LogP contribution in [0.2, 0.25) is 0 Å². The molecule has 1 saturated heterocycles. The molecular weight excluding hydrogens is 458 g/mol. The summed E-state index contributed by atoms with van der Waals surface area (Å²) in [7, 11) is 0. The molecule has 3 heterocycles. The van der Waals surface area contributed by atoms with Crippen LogP contribution < -0.4 is 10.2 Å². The number of fused-ring (bicyclic) bond motifs is 1. The SMILES string of the molecule is OCCO[C@H]1CC[C@H](Nc2cc(-n3c(C(F)F)nc4ccccc43)nc(N3CCOCC3)n2)CC1. The maximum absolute atomic E-state index is 14.0. The van der Waals surface area contributed by atoms with Crippen molar-refractivity contribution in [3.63, 3.8) is 0 Å². The van der Waals surface area contributed by atoms with Gasteiger partial charge in [0, 0.05) is 25.2 Å². The van der Waals surface area contributed by atoms with Gasteiger partial charge in [-0.15, -0.1) is 0 Å². The van der Waals surface area contributed by atoms with Crippen molar-refractivity contribution in [2.45, 2.75) is 44.3 Å². The predicted molar refractivity (Wildman–Crippen MR) is 127 cm³/mol. The van der Waals surface area contributed by atoms with Crippen LogP contribution in [0.15, 0.2) is 30.3 Å². The Balaban J connectivity index is 1.48. The molecule has 0 unspecified atom stereocenters. The summed E-state index contributed by atoms with van der Waals surface area (Å²) in [6.07, 6.45) is 0.934. The molecule has 5 rings (SSSR count). The molecule has 11 heteroatoms. The number of para-hydroxylation sites is 2. The van der Waals surface area contributed by atoms with Gasteiger partial charge in [0.25, 0.3) is 6.43 Å². The van der Waals surface area contributed by atoms with E-state index in [1.165, 1.54) is 4.57 Å². The van der Waals surface area contributed by atoms with Crippen molar-refractivity contribution in [1.29, 1.82) is 0 Å². The number of rotatable bonds is 8. The smallest absolute Gasteiger partial charge is 0.296 e. The molecule has 188 valence electrons. The summed E-state index contributed by atoms with van der Waals surface area (Å²) < 4.78 is 40.6. The topological polar surface area (TPSA) is 97.6 Å². The van der Waals surface area contributed by atoms with Gasteiger partial charge in [0.1, 0.15) is 11.6 Å². The van der Waals surface area contributed by atoms with Gasteiger partial charge in [0.15, 0.2) is 5.82 Å². The molecule has 2 fully saturated rings. The number of aliphatic hydroxyl groups is 1. The fourth-order valence-corrected chi connectivity index (χ4v) is 4.75. The highest BCUT2D eigenvalue weighted by Gasteiger charge is 2.25. The maximum Gasteiger partial charge on any atom is 0.296 e. The minimum absolute atomic E-state index is 0.0236. The van der Waals surface area contributed by atoms with E-state index in [1.54, 1.807) is 30.3 Å². The number of hydrogen-bond donors (Lipinski definition) is 2. The fourth-order valence-electron chi connectivity index (χ4n) is 4.75. The molecule has 0 spiro atoms.